The summed E-state index contributed by atoms with van der Waals surface area (Å²) in [6.45, 7) is 3.94. The molecule has 1 aliphatic rings. The number of ether oxygens (including phenoxy) is 3. The van der Waals surface area contributed by atoms with Crippen molar-refractivity contribution in [2.75, 3.05) is 13.7 Å². The molecule has 1 saturated heterocycles. The lowest BCUT2D eigenvalue weighted by Crippen LogP contribution is -2.67. The summed E-state index contributed by atoms with van der Waals surface area (Å²) in [4.78, 5) is 4.31. The summed E-state index contributed by atoms with van der Waals surface area (Å²) in [7, 11) is 1.52. The maximum Gasteiger partial charge on any atom is 0.209 e. The molecule has 158 valence electrons. The minimum absolute atomic E-state index is 0.123. The summed E-state index contributed by atoms with van der Waals surface area (Å²) < 4.78 is 36.0. The van der Waals surface area contributed by atoms with Crippen LogP contribution in [-0.4, -0.2) is 35.5 Å². The third-order valence-electron chi connectivity index (χ3n) is 5.99. The van der Waals surface area contributed by atoms with Gasteiger partial charge in [-0.05, 0) is 25.0 Å². The van der Waals surface area contributed by atoms with Gasteiger partial charge in [0.15, 0.2) is 6.17 Å². The Bertz CT molecular complexity index is 965. The Kier molecular flexibility index (Phi) is 5.73. The van der Waals surface area contributed by atoms with Gasteiger partial charge in [0.2, 0.25) is 5.72 Å². The molecule has 0 spiro atoms. The van der Waals surface area contributed by atoms with Crippen LogP contribution in [0.5, 0.6) is 0 Å². The van der Waals surface area contributed by atoms with Crippen LogP contribution in [0.4, 0.5) is 4.39 Å². The summed E-state index contributed by atoms with van der Waals surface area (Å²) in [6, 6.07) is 19.6. The number of aromatic nitrogens is 2. The molecule has 0 bridgehead atoms. The van der Waals surface area contributed by atoms with E-state index in [1.807, 2.05) is 74.5 Å². The number of hydrogen-bond acceptors (Lipinski definition) is 4. The molecule has 4 atom stereocenters. The predicted molar refractivity (Wildman–Crippen MR) is 112 cm³/mol. The Hall–Kier alpha value is -2.54. The highest BCUT2D eigenvalue weighted by Gasteiger charge is 2.62. The lowest BCUT2D eigenvalue weighted by Gasteiger charge is -2.53. The van der Waals surface area contributed by atoms with E-state index in [0.717, 1.165) is 11.1 Å². The highest BCUT2D eigenvalue weighted by Crippen LogP contribution is 2.47. The van der Waals surface area contributed by atoms with E-state index < -0.39 is 23.6 Å². The van der Waals surface area contributed by atoms with Crippen LogP contribution in [0.3, 0.4) is 0 Å². The van der Waals surface area contributed by atoms with Gasteiger partial charge in [0.25, 0.3) is 0 Å². The summed E-state index contributed by atoms with van der Waals surface area (Å²) >= 11 is 0. The molecule has 0 saturated carbocycles. The highest BCUT2D eigenvalue weighted by molar-refractivity contribution is 5.27. The predicted octanol–water partition coefficient (Wildman–Crippen LogP) is 4.36. The van der Waals surface area contributed by atoms with Crippen molar-refractivity contribution in [2.24, 2.45) is 0 Å². The van der Waals surface area contributed by atoms with Gasteiger partial charge in [0.1, 0.15) is 17.5 Å². The molecule has 0 amide bonds. The Morgan fingerprint density at radius 1 is 1.13 bits per heavy atom. The third kappa shape index (κ3) is 3.35. The van der Waals surface area contributed by atoms with E-state index in [2.05, 4.69) is 4.98 Å². The van der Waals surface area contributed by atoms with Crippen molar-refractivity contribution in [1.82, 2.24) is 9.55 Å². The van der Waals surface area contributed by atoms with Crippen LogP contribution in [0.15, 0.2) is 73.1 Å². The molecule has 4 rings (SSSR count). The Morgan fingerprint density at radius 3 is 2.40 bits per heavy atom. The molecule has 2 heterocycles. The van der Waals surface area contributed by atoms with Crippen molar-refractivity contribution in [3.63, 3.8) is 0 Å². The summed E-state index contributed by atoms with van der Waals surface area (Å²) in [5.41, 5.74) is -0.487. The van der Waals surface area contributed by atoms with E-state index in [1.165, 1.54) is 7.11 Å². The summed E-state index contributed by atoms with van der Waals surface area (Å²) in [5.74, 6) is 0.644. The van der Waals surface area contributed by atoms with Crippen LogP contribution in [-0.2, 0) is 32.1 Å². The molecule has 4 unspecified atom stereocenters. The number of nitrogens with zero attached hydrogens (tertiary/aromatic N) is 2. The maximum atomic E-state index is 15.7. The molecule has 5 nitrogen and oxygen atoms in total. The quantitative estimate of drug-likeness (QED) is 0.606. The van der Waals surface area contributed by atoms with Gasteiger partial charge in [-0.2, -0.15) is 0 Å². The first-order valence-electron chi connectivity index (χ1n) is 10.1. The van der Waals surface area contributed by atoms with Gasteiger partial charge < -0.3 is 18.8 Å². The molecule has 30 heavy (non-hydrogen) atoms. The lowest BCUT2D eigenvalue weighted by atomic mass is 9.79. The van der Waals surface area contributed by atoms with Gasteiger partial charge in [-0.1, -0.05) is 60.7 Å². The Labute approximate surface area is 176 Å². The largest absolute Gasteiger partial charge is 0.365 e. The smallest absolute Gasteiger partial charge is 0.209 e. The number of aryl methyl sites for hydroxylation is 1. The molecular formula is C24H27FN2O3. The minimum atomic E-state index is -1.45. The number of hydrogen-bond donors (Lipinski definition) is 0. The SMILES string of the molecule is COC1(n2ccnc2C)C(F)COC(C)(c2ccccc2)C1OCc1ccccc1. The van der Waals surface area contributed by atoms with E-state index in [-0.39, 0.29) is 6.61 Å². The fourth-order valence-electron chi connectivity index (χ4n) is 4.39. The van der Waals surface area contributed by atoms with Crippen LogP contribution >= 0.6 is 0 Å². The standard InChI is InChI=1S/C24H27FN2O3/c1-18-26-14-15-27(18)24(28-3)21(25)17-30-23(2,20-12-8-5-9-13-20)22(24)29-16-19-10-6-4-7-11-19/h4-15,21-22H,16-17H2,1-3H3. The number of benzene rings is 2. The average Bonchev–Trinajstić information content (AvgIpc) is 3.22. The summed E-state index contributed by atoms with van der Waals surface area (Å²) in [6.07, 6.45) is 1.15. The van der Waals surface area contributed by atoms with E-state index in [4.69, 9.17) is 14.2 Å². The van der Waals surface area contributed by atoms with Crippen molar-refractivity contribution in [3.05, 3.63) is 90.0 Å². The van der Waals surface area contributed by atoms with Gasteiger partial charge in [0, 0.05) is 19.5 Å². The fraction of sp³-hybridized carbons (Fsp3) is 0.375. The third-order valence-corrected chi connectivity index (χ3v) is 5.99. The Morgan fingerprint density at radius 2 is 1.80 bits per heavy atom. The van der Waals surface area contributed by atoms with Crippen molar-refractivity contribution in [2.45, 2.75) is 44.1 Å². The van der Waals surface area contributed by atoms with Crippen LogP contribution in [0, 0.1) is 6.92 Å². The summed E-state index contributed by atoms with van der Waals surface area (Å²) in [5, 5.41) is 0. The van der Waals surface area contributed by atoms with Crippen molar-refractivity contribution >= 4 is 0 Å². The number of imidazole rings is 1. The zero-order valence-electron chi connectivity index (χ0n) is 17.5. The number of alkyl halides is 1. The van der Waals surface area contributed by atoms with Gasteiger partial charge >= 0.3 is 0 Å². The first-order valence-corrected chi connectivity index (χ1v) is 10.1. The normalized spacial score (nSPS) is 29.1. The van der Waals surface area contributed by atoms with Crippen molar-refractivity contribution in [3.8, 4) is 0 Å². The second kappa shape index (κ2) is 8.30. The molecular weight excluding hydrogens is 383 g/mol. The minimum Gasteiger partial charge on any atom is -0.365 e. The van der Waals surface area contributed by atoms with Crippen molar-refractivity contribution in [1.29, 1.82) is 0 Å². The van der Waals surface area contributed by atoms with Crippen LogP contribution in [0.1, 0.15) is 23.9 Å². The highest BCUT2D eigenvalue weighted by atomic mass is 19.1. The van der Waals surface area contributed by atoms with Gasteiger partial charge in [-0.15, -0.1) is 0 Å². The van der Waals surface area contributed by atoms with Gasteiger partial charge in [-0.3, -0.25) is 0 Å². The molecule has 1 fully saturated rings. The molecule has 0 N–H and O–H groups in total. The Balaban J connectivity index is 1.84. The van der Waals surface area contributed by atoms with E-state index in [0.29, 0.717) is 12.4 Å². The van der Waals surface area contributed by atoms with Crippen LogP contribution in [0.25, 0.3) is 0 Å². The molecule has 3 aromatic rings. The number of halogens is 1. The van der Waals surface area contributed by atoms with Gasteiger partial charge in [0.05, 0.1) is 13.2 Å². The van der Waals surface area contributed by atoms with E-state index >= 15 is 4.39 Å². The average molecular weight is 410 g/mol. The number of rotatable bonds is 6. The van der Waals surface area contributed by atoms with E-state index in [9.17, 15) is 0 Å². The first-order chi connectivity index (χ1) is 14.5. The fourth-order valence-corrected chi connectivity index (χ4v) is 4.39. The van der Waals surface area contributed by atoms with Gasteiger partial charge in [-0.25, -0.2) is 9.37 Å². The second-order valence-corrected chi connectivity index (χ2v) is 7.73. The van der Waals surface area contributed by atoms with Crippen molar-refractivity contribution < 1.29 is 18.6 Å². The molecule has 1 aromatic heterocycles. The molecule has 0 radical (unpaired) electrons. The first kappa shape index (κ1) is 20.7. The molecule has 2 aromatic carbocycles. The van der Waals surface area contributed by atoms with Crippen LogP contribution < -0.4 is 0 Å². The number of methoxy groups -OCH3 is 1. The molecule has 0 aliphatic carbocycles. The monoisotopic (exact) mass is 410 g/mol. The van der Waals surface area contributed by atoms with E-state index in [1.54, 1.807) is 17.0 Å². The lowest BCUT2D eigenvalue weighted by molar-refractivity contribution is -0.323. The zero-order valence-corrected chi connectivity index (χ0v) is 17.5. The zero-order chi connectivity index (χ0) is 21.2. The maximum absolute atomic E-state index is 15.7. The molecule has 6 heteroatoms. The molecule has 1 aliphatic heterocycles. The topological polar surface area (TPSA) is 45.5 Å². The van der Waals surface area contributed by atoms with Crippen LogP contribution in [0.2, 0.25) is 0 Å². The second-order valence-electron chi connectivity index (χ2n) is 7.73.